The molecule has 8 nitrogen and oxygen atoms in total. The number of esters is 1. The van der Waals surface area contributed by atoms with E-state index in [0.717, 1.165) is 16.4 Å². The van der Waals surface area contributed by atoms with Crippen LogP contribution in [-0.2, 0) is 24.3 Å². The zero-order valence-corrected chi connectivity index (χ0v) is 17.4. The lowest BCUT2D eigenvalue weighted by atomic mass is 10.2. The highest BCUT2D eigenvalue weighted by atomic mass is 32.2. The molecule has 2 aromatic carbocycles. The Bertz CT molecular complexity index is 962. The smallest absolute Gasteiger partial charge is 0.343 e. The first-order valence-corrected chi connectivity index (χ1v) is 10.5. The molecule has 0 atom stereocenters. The molecule has 0 saturated heterocycles. The van der Waals surface area contributed by atoms with Crippen LogP contribution in [0.4, 0.5) is 10.1 Å². The minimum absolute atomic E-state index is 0.00893. The summed E-state index contributed by atoms with van der Waals surface area (Å²) in [4.78, 5) is 23.1. The van der Waals surface area contributed by atoms with Gasteiger partial charge in [-0.05, 0) is 55.0 Å². The van der Waals surface area contributed by atoms with Crippen molar-refractivity contribution in [1.29, 1.82) is 0 Å². The van der Waals surface area contributed by atoms with E-state index in [1.165, 1.54) is 26.3 Å². The Labute approximate surface area is 174 Å². The van der Waals surface area contributed by atoms with Crippen molar-refractivity contribution in [2.24, 2.45) is 0 Å². The van der Waals surface area contributed by atoms with E-state index in [4.69, 9.17) is 4.74 Å². The van der Waals surface area contributed by atoms with E-state index in [0.29, 0.717) is 17.9 Å². The fraction of sp³-hybridized carbons (Fsp3) is 0.300. The summed E-state index contributed by atoms with van der Waals surface area (Å²) in [5.41, 5.74) is 0.540. The van der Waals surface area contributed by atoms with Gasteiger partial charge < -0.3 is 14.8 Å². The molecule has 0 bridgehead atoms. The number of rotatable bonds is 10. The molecule has 0 aliphatic heterocycles. The highest BCUT2D eigenvalue weighted by molar-refractivity contribution is 7.89. The van der Waals surface area contributed by atoms with Gasteiger partial charge in [-0.25, -0.2) is 21.9 Å². The van der Waals surface area contributed by atoms with Gasteiger partial charge in [-0.15, -0.1) is 0 Å². The second-order valence-corrected chi connectivity index (χ2v) is 8.37. The number of benzene rings is 2. The molecule has 10 heteroatoms. The Balaban J connectivity index is 1.79. The standard InChI is InChI=1S/C20H23FN2O6S/c1-23(30(26,27)18-11-5-15(21)6-12-18)13-3-4-19(24)22-16-7-9-17(10-8-16)29-14-20(25)28-2/h5-12H,3-4,13-14H2,1-2H3,(H,22,24). The molecule has 2 aromatic rings. The number of hydrogen-bond acceptors (Lipinski definition) is 6. The van der Waals surface area contributed by atoms with Gasteiger partial charge in [0.05, 0.1) is 12.0 Å². The van der Waals surface area contributed by atoms with E-state index in [2.05, 4.69) is 10.1 Å². The fourth-order valence-corrected chi connectivity index (χ4v) is 3.64. The number of nitrogens with zero attached hydrogens (tertiary/aromatic N) is 1. The third-order valence-electron chi connectivity index (χ3n) is 4.12. The molecular formula is C20H23FN2O6S. The van der Waals surface area contributed by atoms with E-state index < -0.39 is 21.8 Å². The van der Waals surface area contributed by atoms with Crippen LogP contribution in [0.2, 0.25) is 0 Å². The van der Waals surface area contributed by atoms with Crippen molar-refractivity contribution in [3.05, 3.63) is 54.3 Å². The van der Waals surface area contributed by atoms with Crippen LogP contribution < -0.4 is 10.1 Å². The van der Waals surface area contributed by atoms with Crippen molar-refractivity contribution >= 4 is 27.6 Å². The molecule has 0 aliphatic carbocycles. The Morgan fingerprint density at radius 3 is 2.30 bits per heavy atom. The summed E-state index contributed by atoms with van der Waals surface area (Å²) in [7, 11) is -1.07. The van der Waals surface area contributed by atoms with Crippen molar-refractivity contribution in [3.63, 3.8) is 0 Å². The van der Waals surface area contributed by atoms with Crippen molar-refractivity contribution in [3.8, 4) is 5.75 Å². The van der Waals surface area contributed by atoms with E-state index >= 15 is 0 Å². The molecule has 30 heavy (non-hydrogen) atoms. The molecule has 1 amide bonds. The number of ether oxygens (including phenoxy) is 2. The molecule has 0 aromatic heterocycles. The molecule has 0 fully saturated rings. The number of halogens is 1. The van der Waals surface area contributed by atoms with Crippen molar-refractivity contribution < 1.29 is 31.9 Å². The first kappa shape index (κ1) is 23.3. The molecule has 162 valence electrons. The van der Waals surface area contributed by atoms with Gasteiger partial charge in [0.1, 0.15) is 11.6 Å². The zero-order chi connectivity index (χ0) is 22.1. The summed E-state index contributed by atoms with van der Waals surface area (Å²) >= 11 is 0. The average Bonchev–Trinajstić information content (AvgIpc) is 2.73. The molecule has 0 unspecified atom stereocenters. The average molecular weight is 438 g/mol. The zero-order valence-electron chi connectivity index (χ0n) is 16.6. The monoisotopic (exact) mass is 438 g/mol. The molecular weight excluding hydrogens is 415 g/mol. The third kappa shape index (κ3) is 6.82. The van der Waals surface area contributed by atoms with E-state index in [-0.39, 0.29) is 30.4 Å². The van der Waals surface area contributed by atoms with Crippen molar-refractivity contribution in [1.82, 2.24) is 4.31 Å². The number of methoxy groups -OCH3 is 1. The summed E-state index contributed by atoms with van der Waals surface area (Å²) in [6.45, 7) is -0.0794. The van der Waals surface area contributed by atoms with E-state index in [1.54, 1.807) is 24.3 Å². The summed E-state index contributed by atoms with van der Waals surface area (Å²) in [5, 5.41) is 2.70. The van der Waals surface area contributed by atoms with Gasteiger partial charge in [-0.1, -0.05) is 0 Å². The van der Waals surface area contributed by atoms with Gasteiger partial charge in [-0.2, -0.15) is 0 Å². The fourth-order valence-electron chi connectivity index (χ4n) is 2.43. The van der Waals surface area contributed by atoms with Gasteiger partial charge in [-0.3, -0.25) is 4.79 Å². The number of hydrogen-bond donors (Lipinski definition) is 1. The maximum Gasteiger partial charge on any atom is 0.343 e. The quantitative estimate of drug-likeness (QED) is 0.572. The Morgan fingerprint density at radius 1 is 1.07 bits per heavy atom. The van der Waals surface area contributed by atoms with Crippen molar-refractivity contribution in [2.45, 2.75) is 17.7 Å². The molecule has 0 saturated carbocycles. The number of amides is 1. The van der Waals surface area contributed by atoms with Crippen LogP contribution in [-0.4, -0.2) is 51.9 Å². The summed E-state index contributed by atoms with van der Waals surface area (Å²) < 4.78 is 48.6. The summed E-state index contributed by atoms with van der Waals surface area (Å²) in [5.74, 6) is -0.841. The molecule has 0 aliphatic rings. The second kappa shape index (κ2) is 10.7. The lowest BCUT2D eigenvalue weighted by Gasteiger charge is -2.17. The first-order chi connectivity index (χ1) is 14.2. The molecule has 2 rings (SSSR count). The van der Waals surface area contributed by atoms with Crippen LogP contribution in [0.3, 0.4) is 0 Å². The van der Waals surface area contributed by atoms with Gasteiger partial charge in [0, 0.05) is 25.7 Å². The largest absolute Gasteiger partial charge is 0.482 e. The predicted octanol–water partition coefficient (Wildman–Crippen LogP) is 2.42. The molecule has 0 heterocycles. The third-order valence-corrected chi connectivity index (χ3v) is 5.99. The Hall–Kier alpha value is -2.98. The minimum Gasteiger partial charge on any atom is -0.482 e. The SMILES string of the molecule is COC(=O)COc1ccc(NC(=O)CCCN(C)S(=O)(=O)c2ccc(F)cc2)cc1. The van der Waals surface area contributed by atoms with Crippen molar-refractivity contribution in [2.75, 3.05) is 32.6 Å². The normalized spacial score (nSPS) is 11.2. The number of nitrogens with one attached hydrogen (secondary N) is 1. The number of carbonyl (C=O) groups is 2. The van der Waals surface area contributed by atoms with Crippen LogP contribution in [0.15, 0.2) is 53.4 Å². The minimum atomic E-state index is -3.74. The molecule has 1 N–H and O–H groups in total. The lowest BCUT2D eigenvalue weighted by molar-refractivity contribution is -0.142. The number of carbonyl (C=O) groups excluding carboxylic acids is 2. The van der Waals surface area contributed by atoms with Crippen LogP contribution in [0.5, 0.6) is 5.75 Å². The predicted molar refractivity (Wildman–Crippen MR) is 108 cm³/mol. The van der Waals surface area contributed by atoms with Crippen LogP contribution in [0.1, 0.15) is 12.8 Å². The van der Waals surface area contributed by atoms with Gasteiger partial charge in [0.25, 0.3) is 0 Å². The van der Waals surface area contributed by atoms with E-state index in [9.17, 15) is 22.4 Å². The number of anilines is 1. The second-order valence-electron chi connectivity index (χ2n) is 6.32. The van der Waals surface area contributed by atoms with Crippen LogP contribution >= 0.6 is 0 Å². The molecule has 0 spiro atoms. The van der Waals surface area contributed by atoms with Gasteiger partial charge in [0.15, 0.2) is 6.61 Å². The van der Waals surface area contributed by atoms with Crippen LogP contribution in [0.25, 0.3) is 0 Å². The first-order valence-electron chi connectivity index (χ1n) is 9.04. The Morgan fingerprint density at radius 2 is 1.70 bits per heavy atom. The Kier molecular flexibility index (Phi) is 8.31. The maximum absolute atomic E-state index is 13.0. The molecule has 0 radical (unpaired) electrons. The van der Waals surface area contributed by atoms with Gasteiger partial charge in [0.2, 0.25) is 15.9 Å². The topological polar surface area (TPSA) is 102 Å². The highest BCUT2D eigenvalue weighted by Gasteiger charge is 2.20. The lowest BCUT2D eigenvalue weighted by Crippen LogP contribution is -2.28. The summed E-state index contributed by atoms with van der Waals surface area (Å²) in [6, 6.07) is 11.0. The number of sulfonamides is 1. The van der Waals surface area contributed by atoms with Gasteiger partial charge >= 0.3 is 5.97 Å². The van der Waals surface area contributed by atoms with Crippen LogP contribution in [0, 0.1) is 5.82 Å². The maximum atomic E-state index is 13.0. The van der Waals surface area contributed by atoms with E-state index in [1.807, 2.05) is 0 Å². The highest BCUT2D eigenvalue weighted by Crippen LogP contribution is 2.17. The summed E-state index contributed by atoms with van der Waals surface area (Å²) in [6.07, 6.45) is 0.424.